The summed E-state index contributed by atoms with van der Waals surface area (Å²) in [4.78, 5) is 36.6. The maximum Gasteiger partial charge on any atom is 0.260 e. The van der Waals surface area contributed by atoms with Gasteiger partial charge in [0.05, 0.1) is 5.39 Å². The third-order valence-electron chi connectivity index (χ3n) is 6.17. The molecule has 33 heavy (non-hydrogen) atoms. The number of pyridine rings is 1. The Balaban J connectivity index is 1.52. The zero-order valence-electron chi connectivity index (χ0n) is 18.2. The molecule has 1 fully saturated rings. The monoisotopic (exact) mass is 444 g/mol. The van der Waals surface area contributed by atoms with Gasteiger partial charge in [0.15, 0.2) is 5.65 Å². The molecular formula is C24H24N6O3. The third kappa shape index (κ3) is 4.26. The maximum atomic E-state index is 12.7. The molecule has 5 rings (SSSR count). The van der Waals surface area contributed by atoms with Gasteiger partial charge < -0.3 is 14.7 Å². The first-order valence-corrected chi connectivity index (χ1v) is 11.2. The van der Waals surface area contributed by atoms with E-state index in [1.54, 1.807) is 18.3 Å². The Kier molecular flexibility index (Phi) is 5.68. The molecule has 0 radical (unpaired) electrons. The molecule has 0 unspecified atom stereocenters. The van der Waals surface area contributed by atoms with Crippen molar-refractivity contribution in [2.45, 2.75) is 50.5 Å². The highest BCUT2D eigenvalue weighted by Crippen LogP contribution is 2.43. The average Bonchev–Trinajstić information content (AvgIpc) is 3.34. The SMILES string of the molecule is CCC(=O)N[C@@H]1CC[C@@H](c2nnc(-c3ccccc3)o2)[C@H](c2nc3ncccc3c(=O)[nH]2)C1. The standard InChI is InChI=1S/C24H24N6O3/c1-2-19(31)26-15-10-11-16(24-30-29-23(33-24)14-7-4-3-5-8-14)18(13-15)21-27-20-17(22(32)28-21)9-6-12-25-20/h3-9,12,15-16,18H,2,10-11,13H2,1H3,(H,26,31)(H,25,27,28,32)/t15-,16-,18-/m1/s1. The van der Waals surface area contributed by atoms with E-state index in [0.29, 0.717) is 47.9 Å². The number of aromatic amines is 1. The number of carbonyl (C=O) groups is 1. The Morgan fingerprint density at radius 3 is 2.79 bits per heavy atom. The molecular weight excluding hydrogens is 420 g/mol. The van der Waals surface area contributed by atoms with Crippen molar-refractivity contribution >= 4 is 16.9 Å². The molecule has 0 aliphatic heterocycles. The summed E-state index contributed by atoms with van der Waals surface area (Å²) in [6, 6.07) is 13.0. The molecule has 3 aromatic heterocycles. The molecule has 3 atom stereocenters. The van der Waals surface area contributed by atoms with Crippen LogP contribution in [0.3, 0.4) is 0 Å². The van der Waals surface area contributed by atoms with Crippen LogP contribution in [-0.4, -0.2) is 37.1 Å². The molecule has 9 heteroatoms. The largest absolute Gasteiger partial charge is 0.420 e. The number of H-pyrrole nitrogens is 1. The first-order valence-electron chi connectivity index (χ1n) is 11.2. The second-order valence-corrected chi connectivity index (χ2v) is 8.28. The zero-order valence-corrected chi connectivity index (χ0v) is 18.2. The highest BCUT2D eigenvalue weighted by Gasteiger charge is 2.38. The van der Waals surface area contributed by atoms with Crippen LogP contribution in [0.1, 0.15) is 56.2 Å². The van der Waals surface area contributed by atoms with Crippen LogP contribution in [0.5, 0.6) is 0 Å². The highest BCUT2D eigenvalue weighted by atomic mass is 16.4. The second-order valence-electron chi connectivity index (χ2n) is 8.28. The van der Waals surface area contributed by atoms with Gasteiger partial charge in [0, 0.05) is 36.1 Å². The van der Waals surface area contributed by atoms with E-state index in [4.69, 9.17) is 4.42 Å². The van der Waals surface area contributed by atoms with E-state index >= 15 is 0 Å². The number of aromatic nitrogens is 5. The molecule has 1 aromatic carbocycles. The van der Waals surface area contributed by atoms with Crippen molar-refractivity contribution in [3.8, 4) is 11.5 Å². The molecule has 3 heterocycles. The van der Waals surface area contributed by atoms with Crippen LogP contribution in [0, 0.1) is 0 Å². The van der Waals surface area contributed by atoms with Crippen LogP contribution < -0.4 is 10.9 Å². The van der Waals surface area contributed by atoms with Gasteiger partial charge in [-0.05, 0) is 43.5 Å². The van der Waals surface area contributed by atoms with Crippen LogP contribution in [0.15, 0.2) is 57.9 Å². The van der Waals surface area contributed by atoms with E-state index in [1.165, 1.54) is 0 Å². The third-order valence-corrected chi connectivity index (χ3v) is 6.17. The number of carbonyl (C=O) groups excluding carboxylic acids is 1. The first-order chi connectivity index (χ1) is 16.1. The Bertz CT molecular complexity index is 1330. The fraction of sp³-hybridized carbons (Fsp3) is 0.333. The molecule has 2 N–H and O–H groups in total. The number of hydrogen-bond acceptors (Lipinski definition) is 7. The van der Waals surface area contributed by atoms with Crippen molar-refractivity contribution in [2.24, 2.45) is 0 Å². The van der Waals surface area contributed by atoms with Gasteiger partial charge in [0.1, 0.15) is 5.82 Å². The fourth-order valence-electron chi connectivity index (χ4n) is 4.48. The summed E-state index contributed by atoms with van der Waals surface area (Å²) in [6.07, 6.45) is 4.11. The van der Waals surface area contributed by atoms with Gasteiger partial charge in [-0.3, -0.25) is 9.59 Å². The minimum atomic E-state index is -0.239. The van der Waals surface area contributed by atoms with Gasteiger partial charge in [-0.1, -0.05) is 25.1 Å². The smallest absolute Gasteiger partial charge is 0.260 e. The van der Waals surface area contributed by atoms with E-state index in [9.17, 15) is 9.59 Å². The Hall–Kier alpha value is -3.88. The second kappa shape index (κ2) is 8.93. The lowest BCUT2D eigenvalue weighted by Crippen LogP contribution is -2.40. The van der Waals surface area contributed by atoms with Crippen LogP contribution >= 0.6 is 0 Å². The normalized spacial score (nSPS) is 20.6. The summed E-state index contributed by atoms with van der Waals surface area (Å²) in [5, 5.41) is 12.1. The topological polar surface area (TPSA) is 127 Å². The molecule has 1 aliphatic rings. The lowest BCUT2D eigenvalue weighted by molar-refractivity contribution is -0.121. The van der Waals surface area contributed by atoms with Crippen LogP contribution in [0.25, 0.3) is 22.5 Å². The minimum Gasteiger partial charge on any atom is -0.420 e. The van der Waals surface area contributed by atoms with Crippen LogP contribution in [0.4, 0.5) is 0 Å². The number of hydrogen-bond donors (Lipinski definition) is 2. The van der Waals surface area contributed by atoms with E-state index < -0.39 is 0 Å². The summed E-state index contributed by atoms with van der Waals surface area (Å²) in [5.41, 5.74) is 1.00. The lowest BCUT2D eigenvalue weighted by Gasteiger charge is -2.34. The Labute approximate surface area is 189 Å². The van der Waals surface area contributed by atoms with Gasteiger partial charge in [0.2, 0.25) is 17.7 Å². The summed E-state index contributed by atoms with van der Waals surface area (Å²) in [6.45, 7) is 1.83. The number of nitrogens with one attached hydrogen (secondary N) is 2. The van der Waals surface area contributed by atoms with Crippen LogP contribution in [0.2, 0.25) is 0 Å². The molecule has 9 nitrogen and oxygen atoms in total. The average molecular weight is 444 g/mol. The van der Waals surface area contributed by atoms with Gasteiger partial charge in [-0.2, -0.15) is 0 Å². The number of rotatable bonds is 5. The highest BCUT2D eigenvalue weighted by molar-refractivity contribution is 5.76. The minimum absolute atomic E-state index is 0.00276. The molecule has 0 saturated heterocycles. The van der Waals surface area contributed by atoms with Gasteiger partial charge in [-0.25, -0.2) is 9.97 Å². The fourth-order valence-corrected chi connectivity index (χ4v) is 4.48. The van der Waals surface area contributed by atoms with Gasteiger partial charge >= 0.3 is 0 Å². The predicted molar refractivity (Wildman–Crippen MR) is 121 cm³/mol. The first kappa shape index (κ1) is 21.0. The predicted octanol–water partition coefficient (Wildman–Crippen LogP) is 3.31. The van der Waals surface area contributed by atoms with Crippen molar-refractivity contribution in [1.82, 2.24) is 30.5 Å². The molecule has 1 aliphatic carbocycles. The van der Waals surface area contributed by atoms with E-state index in [-0.39, 0.29) is 29.3 Å². The number of benzene rings is 1. The molecule has 0 spiro atoms. The van der Waals surface area contributed by atoms with Crippen molar-refractivity contribution < 1.29 is 9.21 Å². The van der Waals surface area contributed by atoms with Crippen molar-refractivity contribution in [3.05, 3.63) is 70.7 Å². The lowest BCUT2D eigenvalue weighted by atomic mass is 9.76. The van der Waals surface area contributed by atoms with Crippen molar-refractivity contribution in [1.29, 1.82) is 0 Å². The Morgan fingerprint density at radius 2 is 1.97 bits per heavy atom. The Morgan fingerprint density at radius 1 is 1.12 bits per heavy atom. The maximum absolute atomic E-state index is 12.7. The van der Waals surface area contributed by atoms with E-state index in [0.717, 1.165) is 12.0 Å². The number of fused-ring (bicyclic) bond motifs is 1. The summed E-state index contributed by atoms with van der Waals surface area (Å²) in [7, 11) is 0. The van der Waals surface area contributed by atoms with Gasteiger partial charge in [0.25, 0.3) is 5.56 Å². The molecule has 4 aromatic rings. The zero-order chi connectivity index (χ0) is 22.8. The molecule has 1 amide bonds. The quantitative estimate of drug-likeness (QED) is 0.483. The van der Waals surface area contributed by atoms with Crippen molar-refractivity contribution in [3.63, 3.8) is 0 Å². The number of amides is 1. The molecule has 0 bridgehead atoms. The molecule has 168 valence electrons. The molecule has 1 saturated carbocycles. The van der Waals surface area contributed by atoms with E-state index in [2.05, 4.69) is 30.5 Å². The number of nitrogens with zero attached hydrogens (tertiary/aromatic N) is 4. The van der Waals surface area contributed by atoms with E-state index in [1.807, 2.05) is 37.3 Å². The summed E-state index contributed by atoms with van der Waals surface area (Å²) < 4.78 is 6.07. The summed E-state index contributed by atoms with van der Waals surface area (Å²) in [5.74, 6) is 1.11. The van der Waals surface area contributed by atoms with Crippen molar-refractivity contribution in [2.75, 3.05) is 0 Å². The van der Waals surface area contributed by atoms with Gasteiger partial charge in [-0.15, -0.1) is 10.2 Å². The summed E-state index contributed by atoms with van der Waals surface area (Å²) >= 11 is 0. The van der Waals surface area contributed by atoms with Crippen LogP contribution in [-0.2, 0) is 4.79 Å².